The number of nitrogen functional groups attached to an aromatic ring is 1. The van der Waals surface area contributed by atoms with Gasteiger partial charge < -0.3 is 35.0 Å². The third kappa shape index (κ3) is 38.5. The van der Waals surface area contributed by atoms with E-state index in [0.717, 1.165) is 109 Å². The number of amidine groups is 2. The van der Waals surface area contributed by atoms with Crippen LogP contribution in [0, 0.1) is 127 Å². The van der Waals surface area contributed by atoms with Gasteiger partial charge >= 0.3 is 50.0 Å². The number of unbranched alkanes of at least 4 members (excludes halogenated alkanes) is 1. The van der Waals surface area contributed by atoms with Gasteiger partial charge in [0, 0.05) is 131 Å². The Kier molecular flexibility index (Phi) is 53.5. The zero-order valence-electron chi connectivity index (χ0n) is 83.1. The molecule has 0 saturated heterocycles. The number of aromatic nitrogens is 1. The van der Waals surface area contributed by atoms with Gasteiger partial charge in [0.15, 0.2) is 58.7 Å². The fourth-order valence-electron chi connectivity index (χ4n) is 13.3. The van der Waals surface area contributed by atoms with Gasteiger partial charge in [0.25, 0.3) is 22.7 Å². The summed E-state index contributed by atoms with van der Waals surface area (Å²) in [6.07, 6.45) is 11.5. The molecule has 7 aliphatic rings. The number of non-ortho nitro benzene ring substituents is 4. The number of nitrogens with zero attached hydrogens (tertiary/aromatic N) is 12. The van der Waals surface area contributed by atoms with Crippen LogP contribution in [0.2, 0.25) is 5.02 Å². The number of rotatable bonds is 23. The summed E-state index contributed by atoms with van der Waals surface area (Å²) >= 11 is 15.5. The second-order valence-electron chi connectivity index (χ2n) is 37.0. The summed E-state index contributed by atoms with van der Waals surface area (Å²) < 4.78 is 212. The molecule has 59 heteroatoms. The molecule has 0 bridgehead atoms. The van der Waals surface area contributed by atoms with Crippen LogP contribution in [-0.2, 0) is 128 Å². The number of benzene rings is 5. The van der Waals surface area contributed by atoms with Crippen molar-refractivity contribution >= 4 is 189 Å². The Morgan fingerprint density at radius 3 is 1.32 bits per heavy atom. The maximum atomic E-state index is 14.6. The fraction of sp³-hybridized carbons (Fsp3) is 0.506. The first-order valence-corrected chi connectivity index (χ1v) is 58.1. The van der Waals surface area contributed by atoms with E-state index in [2.05, 4.69) is 101 Å². The van der Waals surface area contributed by atoms with Crippen molar-refractivity contribution in [2.24, 2.45) is 37.0 Å². The number of hydrogen-bond acceptors (Lipinski definition) is 32. The van der Waals surface area contributed by atoms with Gasteiger partial charge in [-0.25, -0.2) is 87.0 Å². The van der Waals surface area contributed by atoms with Crippen LogP contribution in [0.15, 0.2) is 124 Å². The van der Waals surface area contributed by atoms with E-state index < -0.39 is 193 Å². The zero-order chi connectivity index (χ0) is 112. The Bertz CT molecular complexity index is 6750. The molecule has 3 heterocycles. The number of carbonyl (C=O) groups is 1. The number of carboxylic acid groups (broad SMARTS) is 1. The minimum atomic E-state index is -3.88. The first-order chi connectivity index (χ1) is 66.5. The number of nitrogens with one attached hydrogen (secondary N) is 1. The van der Waals surface area contributed by atoms with E-state index in [1.165, 1.54) is 75.9 Å². The molecule has 2 spiro atoms. The zero-order valence-corrected chi connectivity index (χ0v) is 98.2. The average Bonchev–Trinajstić information content (AvgIpc) is 1.54. The maximum Gasteiger partial charge on any atom is 1.00 e. The molecule has 5 aromatic carbocycles. The normalized spacial score (nSPS) is 19.2. The summed E-state index contributed by atoms with van der Waals surface area (Å²) in [5.41, 5.74) is 16.6. The van der Waals surface area contributed by atoms with Crippen LogP contribution in [0.1, 0.15) is 211 Å². The number of aliphatic imine (C=N–C) groups is 2. The van der Waals surface area contributed by atoms with Gasteiger partial charge in [0.05, 0.1) is 109 Å². The number of aromatic carboxylic acids is 1. The molecule has 812 valence electrons. The van der Waals surface area contributed by atoms with Crippen LogP contribution in [0.5, 0.6) is 0 Å². The van der Waals surface area contributed by atoms with Crippen molar-refractivity contribution in [3.8, 4) is 24.3 Å². The molecule has 0 amide bonds. The summed E-state index contributed by atoms with van der Waals surface area (Å²) in [6, 6.07) is 26.6. The number of nitrogens with two attached hydrogens (primary N) is 4. The Labute approximate surface area is 927 Å². The van der Waals surface area contributed by atoms with Crippen LogP contribution >= 0.6 is 66.0 Å². The number of nitriles is 4. The maximum absolute atomic E-state index is 14.6. The smallest absolute Gasteiger partial charge is 0 e. The minimum absolute atomic E-state index is 0. The van der Waals surface area contributed by atoms with E-state index >= 15 is 0 Å². The molecule has 39 nitrogen and oxygen atoms in total. The molecular formula is C89H113Br2Cl3CuF5LiN17O22S7Zn. The molecule has 2 aliphatic heterocycles. The molecule has 0 unspecified atom stereocenters. The van der Waals surface area contributed by atoms with Crippen molar-refractivity contribution in [2.75, 3.05) is 51.9 Å². The van der Waals surface area contributed by atoms with Crippen LogP contribution < -0.4 is 46.5 Å². The van der Waals surface area contributed by atoms with E-state index in [-0.39, 0.29) is 149 Å². The number of halogens is 10. The number of sulfone groups is 5. The Morgan fingerprint density at radius 1 is 0.622 bits per heavy atom. The Morgan fingerprint density at radius 2 is 1.01 bits per heavy atom. The number of hydrogen-bond donors (Lipinski definition) is 6. The molecule has 5 aliphatic carbocycles. The van der Waals surface area contributed by atoms with E-state index in [4.69, 9.17) is 55.4 Å². The third-order valence-corrected chi connectivity index (χ3v) is 38.8. The third-order valence-electron chi connectivity index (χ3n) is 22.7. The van der Waals surface area contributed by atoms with Gasteiger partial charge in [-0.1, -0.05) is 56.8 Å². The predicted octanol–water partition coefficient (Wildman–Crippen LogP) is 13.3. The second-order valence-corrected chi connectivity index (χ2v) is 54.3. The summed E-state index contributed by atoms with van der Waals surface area (Å²) in [5, 5.41) is 88.7. The van der Waals surface area contributed by atoms with Gasteiger partial charge in [-0.15, -0.1) is 12.4 Å². The van der Waals surface area contributed by atoms with Gasteiger partial charge in [-0.05, 0) is 208 Å². The molecule has 6 atom stereocenters. The van der Waals surface area contributed by atoms with Crippen molar-refractivity contribution in [1.82, 2.24) is 9.71 Å². The van der Waals surface area contributed by atoms with Crippen LogP contribution in [0.4, 0.5) is 50.4 Å². The molecule has 0 radical (unpaired) electrons. The monoisotopic (exact) mass is 2490 g/mol. The van der Waals surface area contributed by atoms with Gasteiger partial charge in [0.1, 0.15) is 83.8 Å². The van der Waals surface area contributed by atoms with Crippen LogP contribution in [0.3, 0.4) is 0 Å². The minimum Gasteiger partial charge on any atom is 0 e. The van der Waals surface area contributed by atoms with E-state index in [9.17, 15) is 123 Å². The quantitative estimate of drug-likeness (QED) is 0.00507. The summed E-state index contributed by atoms with van der Waals surface area (Å²) in [7, 11) is -15.9. The number of carboxylic acids is 1. The molecule has 10 N–H and O–H groups in total. The fourth-order valence-corrected chi connectivity index (χ4v) is 22.9. The van der Waals surface area contributed by atoms with Gasteiger partial charge in [-0.3, -0.25) is 50.4 Å². The summed E-state index contributed by atoms with van der Waals surface area (Å²) in [4.78, 5) is 63.1. The first kappa shape index (κ1) is 140. The van der Waals surface area contributed by atoms with Crippen molar-refractivity contribution in [3.63, 3.8) is 0 Å². The van der Waals surface area contributed by atoms with Crippen molar-refractivity contribution < 1.29 is 155 Å². The van der Waals surface area contributed by atoms with E-state index in [1.807, 2.05) is 0 Å². The molecule has 148 heavy (non-hydrogen) atoms. The first-order valence-electron chi connectivity index (χ1n) is 43.1. The molecule has 13 rings (SSSR count). The number of pyridine rings is 1. The largest absolute Gasteiger partial charge is 1.00 e. The van der Waals surface area contributed by atoms with Crippen LogP contribution in [-0.4, -0.2) is 178 Å². The second kappa shape index (κ2) is 56.7. The average molecular weight is 2490 g/mol. The molecule has 6 aromatic rings. The number of nitro groups is 4. The number of nitro benzene ring substituents is 4. The van der Waals surface area contributed by atoms with Crippen molar-refractivity contribution in [1.29, 1.82) is 21.0 Å². The standard InChI is InChI=1S/C18H24FN3O3S.2C13H14FN3O4S.C13H16FN3O2S.C12H15FN2O3S.C6H4ClNO2.C5H7NO2S.C4H9.C3H5NO2S.C2H4Br2.2ClH.Cu.Li.Zn/c1-16(2,3)26(25)21-17(4,7-8-18(12-20)9-10-18)14-11-13(22(23)24)5-6-15(14)19;1-12(9-6-8(17(18)19)2-3-10(9)14)7-22(20,21)13(4-5-13)11(15)16-12;1-12(16,8-22(20,21)13(7-15)4-5-13)10-6-9(17(18)19)2-3-11(10)14;1-12(9-6-8(15)2-3-10(9)14)7-20(18,19)13(4-5-13)11(16)17-12;1-8(14-19(18)12(2,3)4)10-7-9(15(16)17)5-6-11(10)13;7-4-1-2-5(6(9)10)8-3-4;1-9(7,8)5(4-6)2-3-5;1-3-4-2;1-7(5,6)3-2-4;3-1-2-4;;;;;/h5-6,11,21H,7-10H2,1-4H3;2-3,6H,4-5,7H2,1H3,(H2,15,16);2-3,6H,4-5,8,16H2,1H3;2-3,6H,4-5,7,15H2,1H3,(H2,16,17);5-7H,1-4H3;1-3H,(H,9,10);2-3H2,1H3;1,3-4H2,2H3;3H2,1H3;1-2H2;2*1H;;;/q;;;;;;;-1;;;;;2*+1;/p-1/t17-,26+;3*12-;19-;;;;;;;;;;/m00001........../s1. The van der Waals surface area contributed by atoms with E-state index in [1.54, 1.807) is 67.5 Å². The van der Waals surface area contributed by atoms with Crippen LogP contribution in [0.25, 0.3) is 0 Å². The van der Waals surface area contributed by atoms with Crippen molar-refractivity contribution in [2.45, 2.75) is 224 Å². The Hall–Kier alpha value is -8.12. The molecule has 5 saturated carbocycles. The van der Waals surface area contributed by atoms with Gasteiger partial charge in [-0.2, -0.15) is 31.9 Å². The van der Waals surface area contributed by atoms with E-state index in [0.29, 0.717) is 62.1 Å². The predicted molar refractivity (Wildman–Crippen MR) is 555 cm³/mol. The summed E-state index contributed by atoms with van der Waals surface area (Å²) in [6.45, 7) is 23.8. The summed E-state index contributed by atoms with van der Waals surface area (Å²) in [5.74, 6) is -6.02. The Balaban J connectivity index is 0.00000168. The number of anilines is 1. The SMILES string of the molecule is BrCCBr.CC(=N[S@](=O)C(C)(C)C)c1cc([N+](=O)[O-])ccc1F.CC(C)(C)[S@@](=O)N[C@@](C)(CCC1(C#N)CC1)c1cc([N+](=O)[O-])ccc1F.CS(=O)(=O)C1(C#N)CC1.CS(=O)(=O)CC#N.C[C@@]1(c2cc(N)ccc2F)CS(=O)(=O)C2(CC2)C(N)=N1.C[C@@]1(c2cc([N+](=O)[O-])ccc2F)CS(=O)(=O)C2(CC2)C(N)=N1.C[C@](N)(CS(=O)(=O)C1(C#N)CC1)c1cc([N+](=O)[O-])ccc1F.Cl.O=C(O)c1ccc(Cl)cn1.[CH2-]CCC.[Cl][Cu].[Li+].[Zn]. The molecule has 5 fully saturated rings. The topological polar surface area (TPSA) is 676 Å². The number of alkyl halides is 2. The van der Waals surface area contributed by atoms with Crippen molar-refractivity contribution in [3.05, 3.63) is 224 Å². The molecule has 1 aromatic heterocycles. The van der Waals surface area contributed by atoms with Gasteiger partial charge in [0.2, 0.25) is 0 Å². The molecular weight excluding hydrogens is 2380 g/mol.